The van der Waals surface area contributed by atoms with E-state index >= 15 is 0 Å². The molecular weight excluding hydrogens is 436 g/mol. The molecule has 0 rings (SSSR count). The Bertz CT molecular complexity index is 740. The van der Waals surface area contributed by atoms with Crippen molar-refractivity contribution in [1.29, 1.82) is 0 Å². The molecule has 4 unspecified atom stereocenters. The first-order chi connectivity index (χ1) is 15.1. The molecule has 33 heavy (non-hydrogen) atoms. The zero-order chi connectivity index (χ0) is 25.9. The zero-order valence-corrected chi connectivity index (χ0v) is 19.4. The van der Waals surface area contributed by atoms with Gasteiger partial charge < -0.3 is 38.3 Å². The van der Waals surface area contributed by atoms with Crippen LogP contribution in [-0.2, 0) is 28.8 Å². The Kier molecular flexibility index (Phi) is 12.7. The van der Waals surface area contributed by atoms with Gasteiger partial charge in [0.05, 0.1) is 12.5 Å². The lowest BCUT2D eigenvalue weighted by molar-refractivity contribution is -0.143. The molecule has 0 saturated carbocycles. The van der Waals surface area contributed by atoms with Crippen LogP contribution < -0.4 is 33.2 Å². The summed E-state index contributed by atoms with van der Waals surface area (Å²) in [6.07, 6.45) is -0.898. The van der Waals surface area contributed by atoms with Crippen LogP contribution >= 0.6 is 0 Å². The number of aliphatic carboxylic acids is 1. The third kappa shape index (κ3) is 11.8. The Labute approximate surface area is 192 Å². The summed E-state index contributed by atoms with van der Waals surface area (Å²) in [5, 5.41) is 16.4. The van der Waals surface area contributed by atoms with Crippen molar-refractivity contribution in [3.05, 3.63) is 0 Å². The molecule has 0 aromatic carbocycles. The number of carbonyl (C=O) groups excluding carboxylic acids is 5. The first-order valence-electron chi connectivity index (χ1n) is 10.6. The van der Waals surface area contributed by atoms with Crippen LogP contribution in [-0.4, -0.2) is 64.8 Å². The van der Waals surface area contributed by atoms with Gasteiger partial charge in [0.15, 0.2) is 0 Å². The summed E-state index contributed by atoms with van der Waals surface area (Å²) in [5.41, 5.74) is 16.0. The van der Waals surface area contributed by atoms with E-state index < -0.39 is 66.1 Å². The van der Waals surface area contributed by atoms with E-state index in [4.69, 9.17) is 17.2 Å². The van der Waals surface area contributed by atoms with E-state index in [9.17, 15) is 33.9 Å². The van der Waals surface area contributed by atoms with Crippen LogP contribution in [0.4, 0.5) is 0 Å². The number of nitrogens with two attached hydrogens (primary N) is 3. The van der Waals surface area contributed by atoms with Gasteiger partial charge in [0.2, 0.25) is 29.5 Å². The molecule has 188 valence electrons. The maximum Gasteiger partial charge on any atom is 0.326 e. The first kappa shape index (κ1) is 29.8. The fourth-order valence-corrected chi connectivity index (χ4v) is 2.77. The van der Waals surface area contributed by atoms with E-state index in [-0.39, 0.29) is 31.1 Å². The molecule has 0 aliphatic carbocycles. The molecule has 0 aromatic rings. The quantitative estimate of drug-likeness (QED) is 0.136. The number of rotatable bonds is 15. The average molecular weight is 473 g/mol. The topological polar surface area (TPSA) is 237 Å². The predicted octanol–water partition coefficient (Wildman–Crippen LogP) is -2.30. The fourth-order valence-electron chi connectivity index (χ4n) is 2.77. The summed E-state index contributed by atoms with van der Waals surface area (Å²) in [5.74, 6) is -5.64. The third-order valence-corrected chi connectivity index (χ3v) is 4.69. The number of amides is 5. The summed E-state index contributed by atoms with van der Waals surface area (Å²) in [4.78, 5) is 71.6. The van der Waals surface area contributed by atoms with Crippen molar-refractivity contribution >= 4 is 35.5 Å². The van der Waals surface area contributed by atoms with Gasteiger partial charge in [0, 0.05) is 6.42 Å². The Morgan fingerprint density at radius 2 is 1.24 bits per heavy atom. The van der Waals surface area contributed by atoms with Crippen LogP contribution in [0.1, 0.15) is 53.4 Å². The van der Waals surface area contributed by atoms with Crippen LogP contribution in [0.5, 0.6) is 0 Å². The Morgan fingerprint density at radius 1 is 0.758 bits per heavy atom. The molecule has 0 fully saturated rings. The van der Waals surface area contributed by atoms with E-state index in [0.717, 1.165) is 0 Å². The molecule has 0 aliphatic rings. The minimum atomic E-state index is -1.40. The SMILES string of the molecule is CC(C)CC(NC(=O)C(CC(N)=O)NC(=O)C(N)C(C)C)C(=O)NC(CCC(N)=O)C(=O)O. The van der Waals surface area contributed by atoms with E-state index in [1.807, 2.05) is 0 Å². The van der Waals surface area contributed by atoms with Gasteiger partial charge in [0.25, 0.3) is 0 Å². The monoisotopic (exact) mass is 472 g/mol. The number of nitrogens with one attached hydrogen (secondary N) is 3. The Hall–Kier alpha value is -3.22. The standard InChI is InChI=1S/C20H36N6O7/c1-9(2)7-12(17(29)24-11(20(32)33)5-6-14(21)27)25-18(30)13(8-15(22)28)26-19(31)16(23)10(3)4/h9-13,16H,5-8,23H2,1-4H3,(H2,21,27)(H2,22,28)(H,24,29)(H,25,30)(H,26,31)(H,32,33). The lowest BCUT2D eigenvalue weighted by Gasteiger charge is -2.26. The maximum atomic E-state index is 12.8. The molecule has 0 saturated heterocycles. The molecule has 0 aliphatic heterocycles. The smallest absolute Gasteiger partial charge is 0.326 e. The molecule has 0 aromatic heterocycles. The van der Waals surface area contributed by atoms with Crippen LogP contribution in [0.15, 0.2) is 0 Å². The van der Waals surface area contributed by atoms with Gasteiger partial charge in [-0.05, 0) is 24.7 Å². The summed E-state index contributed by atoms with van der Waals surface area (Å²) in [6, 6.07) is -4.90. The lowest BCUT2D eigenvalue weighted by atomic mass is 10.0. The predicted molar refractivity (Wildman–Crippen MR) is 118 cm³/mol. The highest BCUT2D eigenvalue weighted by Gasteiger charge is 2.31. The van der Waals surface area contributed by atoms with Crippen LogP contribution in [0, 0.1) is 11.8 Å². The van der Waals surface area contributed by atoms with Gasteiger partial charge in [-0.15, -0.1) is 0 Å². The normalized spacial score (nSPS) is 14.6. The van der Waals surface area contributed by atoms with Crippen LogP contribution in [0.25, 0.3) is 0 Å². The van der Waals surface area contributed by atoms with Crippen molar-refractivity contribution in [3.63, 3.8) is 0 Å². The Balaban J connectivity index is 5.54. The van der Waals surface area contributed by atoms with Crippen LogP contribution in [0.3, 0.4) is 0 Å². The molecule has 13 nitrogen and oxygen atoms in total. The minimum Gasteiger partial charge on any atom is -0.480 e. The van der Waals surface area contributed by atoms with Crippen molar-refractivity contribution in [2.75, 3.05) is 0 Å². The molecule has 4 atom stereocenters. The highest BCUT2D eigenvalue weighted by Crippen LogP contribution is 2.08. The van der Waals surface area contributed by atoms with E-state index in [1.165, 1.54) is 0 Å². The number of hydrogen-bond donors (Lipinski definition) is 7. The summed E-state index contributed by atoms with van der Waals surface area (Å²) >= 11 is 0. The van der Waals surface area contributed by atoms with E-state index in [0.29, 0.717) is 0 Å². The summed E-state index contributed by atoms with van der Waals surface area (Å²) in [7, 11) is 0. The number of primary amides is 2. The second kappa shape index (κ2) is 14.0. The van der Waals surface area contributed by atoms with E-state index in [1.54, 1.807) is 27.7 Å². The first-order valence-corrected chi connectivity index (χ1v) is 10.6. The average Bonchev–Trinajstić information content (AvgIpc) is 2.67. The number of hydrogen-bond acceptors (Lipinski definition) is 7. The fraction of sp³-hybridized carbons (Fsp3) is 0.700. The van der Waals surface area contributed by atoms with Crippen molar-refractivity contribution in [2.24, 2.45) is 29.0 Å². The van der Waals surface area contributed by atoms with Crippen molar-refractivity contribution < 1.29 is 33.9 Å². The van der Waals surface area contributed by atoms with Gasteiger partial charge in [0.1, 0.15) is 18.1 Å². The third-order valence-electron chi connectivity index (χ3n) is 4.69. The maximum absolute atomic E-state index is 12.8. The second-order valence-electron chi connectivity index (χ2n) is 8.60. The number of carboxylic acids is 1. The lowest BCUT2D eigenvalue weighted by Crippen LogP contribution is -2.58. The minimum absolute atomic E-state index is 0.0894. The number of carboxylic acid groups (broad SMARTS) is 1. The van der Waals surface area contributed by atoms with Gasteiger partial charge in [-0.3, -0.25) is 24.0 Å². The molecular formula is C20H36N6O7. The van der Waals surface area contributed by atoms with Crippen molar-refractivity contribution in [2.45, 2.75) is 77.5 Å². The van der Waals surface area contributed by atoms with Gasteiger partial charge in [-0.1, -0.05) is 27.7 Å². The molecule has 10 N–H and O–H groups in total. The molecule has 5 amide bonds. The highest BCUT2D eigenvalue weighted by atomic mass is 16.4. The van der Waals surface area contributed by atoms with Crippen molar-refractivity contribution in [3.8, 4) is 0 Å². The van der Waals surface area contributed by atoms with Gasteiger partial charge in [-0.2, -0.15) is 0 Å². The largest absolute Gasteiger partial charge is 0.480 e. The molecule has 13 heteroatoms. The zero-order valence-electron chi connectivity index (χ0n) is 19.4. The molecule has 0 spiro atoms. The number of carbonyl (C=O) groups is 6. The molecule has 0 bridgehead atoms. The van der Waals surface area contributed by atoms with Crippen LogP contribution in [0.2, 0.25) is 0 Å². The summed E-state index contributed by atoms with van der Waals surface area (Å²) < 4.78 is 0. The Morgan fingerprint density at radius 3 is 1.67 bits per heavy atom. The molecule has 0 radical (unpaired) electrons. The van der Waals surface area contributed by atoms with Gasteiger partial charge >= 0.3 is 5.97 Å². The summed E-state index contributed by atoms with van der Waals surface area (Å²) in [6.45, 7) is 6.96. The highest BCUT2D eigenvalue weighted by molar-refractivity contribution is 5.96. The molecule has 0 heterocycles. The van der Waals surface area contributed by atoms with Crippen molar-refractivity contribution in [1.82, 2.24) is 16.0 Å². The second-order valence-corrected chi connectivity index (χ2v) is 8.60. The van der Waals surface area contributed by atoms with Gasteiger partial charge in [-0.25, -0.2) is 4.79 Å². The van der Waals surface area contributed by atoms with E-state index in [2.05, 4.69) is 16.0 Å².